The topological polar surface area (TPSA) is 88.5 Å². The van der Waals surface area contributed by atoms with Gasteiger partial charge in [0.15, 0.2) is 0 Å². The molecular weight excluding hydrogens is 354 g/mol. The van der Waals surface area contributed by atoms with Crippen molar-refractivity contribution in [3.63, 3.8) is 0 Å². The summed E-state index contributed by atoms with van der Waals surface area (Å²) < 4.78 is 28.4. The van der Waals surface area contributed by atoms with Crippen molar-refractivity contribution in [2.75, 3.05) is 0 Å². The van der Waals surface area contributed by atoms with E-state index in [1.54, 1.807) is 13.8 Å². The molecule has 1 unspecified atom stereocenters. The highest BCUT2D eigenvalue weighted by Crippen LogP contribution is 2.23. The lowest BCUT2D eigenvalue weighted by Gasteiger charge is -2.11. The number of thiazole rings is 1. The van der Waals surface area contributed by atoms with E-state index in [1.165, 1.54) is 24.3 Å². The number of halogens is 2. The molecular formula is C16H16F2N2O4S. The maximum atomic E-state index is 12.1. The van der Waals surface area contributed by atoms with Gasteiger partial charge in [-0.1, -0.05) is 12.1 Å². The number of carbonyl (C=O) groups is 2. The second-order valence-corrected chi connectivity index (χ2v) is 6.29. The number of carboxylic acid groups (broad SMARTS) is 1. The molecule has 0 saturated heterocycles. The minimum atomic E-state index is -2.90. The predicted molar refractivity (Wildman–Crippen MR) is 87.1 cm³/mol. The normalized spacial score (nSPS) is 12.0. The van der Waals surface area contributed by atoms with Crippen molar-refractivity contribution in [2.24, 2.45) is 0 Å². The van der Waals surface area contributed by atoms with E-state index >= 15 is 0 Å². The van der Waals surface area contributed by atoms with E-state index in [0.29, 0.717) is 16.3 Å². The van der Waals surface area contributed by atoms with Crippen LogP contribution in [0, 0.1) is 6.92 Å². The predicted octanol–water partition coefficient (Wildman–Crippen LogP) is 3.17. The summed E-state index contributed by atoms with van der Waals surface area (Å²) in [6, 6.07) is 5.34. The highest BCUT2D eigenvalue weighted by molar-refractivity contribution is 7.13. The molecule has 134 valence electrons. The van der Waals surface area contributed by atoms with Crippen LogP contribution in [-0.4, -0.2) is 28.6 Å². The molecule has 0 spiro atoms. The van der Waals surface area contributed by atoms with Crippen molar-refractivity contribution >= 4 is 23.2 Å². The smallest absolute Gasteiger partial charge is 0.387 e. The van der Waals surface area contributed by atoms with Gasteiger partial charge < -0.3 is 15.2 Å². The Morgan fingerprint density at radius 1 is 1.32 bits per heavy atom. The lowest BCUT2D eigenvalue weighted by atomic mass is 10.1. The monoisotopic (exact) mass is 370 g/mol. The Morgan fingerprint density at radius 2 is 1.96 bits per heavy atom. The van der Waals surface area contributed by atoms with Crippen LogP contribution in [0.1, 0.15) is 38.9 Å². The van der Waals surface area contributed by atoms with Gasteiger partial charge in [-0.2, -0.15) is 8.78 Å². The summed E-state index contributed by atoms with van der Waals surface area (Å²) in [5.74, 6) is -1.32. The van der Waals surface area contributed by atoms with Crippen molar-refractivity contribution < 1.29 is 28.2 Å². The molecule has 1 heterocycles. The molecule has 9 heteroatoms. The summed E-state index contributed by atoms with van der Waals surface area (Å²) in [7, 11) is 0. The quantitative estimate of drug-likeness (QED) is 0.782. The van der Waals surface area contributed by atoms with Gasteiger partial charge in [0.1, 0.15) is 15.6 Å². The molecule has 2 aromatic rings. The van der Waals surface area contributed by atoms with Crippen molar-refractivity contribution in [2.45, 2.75) is 32.9 Å². The van der Waals surface area contributed by atoms with Gasteiger partial charge in [-0.05, 0) is 31.5 Å². The van der Waals surface area contributed by atoms with Gasteiger partial charge in [0, 0.05) is 0 Å². The van der Waals surface area contributed by atoms with E-state index in [1.807, 2.05) is 0 Å². The standard InChI is InChI=1S/C16H16F2N2O4S/c1-8-13(15(22)23)25-14(20-8)9(2)19-12(21)7-10-3-5-11(6-4-10)24-16(17)18/h3-6,9,16H,7H2,1-2H3,(H,19,21)(H,22,23). The number of aromatic carboxylic acids is 1. The number of aromatic nitrogens is 1. The third-order valence-electron chi connectivity index (χ3n) is 3.27. The second kappa shape index (κ2) is 8.02. The number of hydrogen-bond acceptors (Lipinski definition) is 5. The van der Waals surface area contributed by atoms with Crippen LogP contribution < -0.4 is 10.1 Å². The molecule has 1 aromatic heterocycles. The average molecular weight is 370 g/mol. The first-order chi connectivity index (χ1) is 11.8. The molecule has 2 rings (SSSR count). The van der Waals surface area contributed by atoms with Gasteiger partial charge in [0.2, 0.25) is 5.91 Å². The Morgan fingerprint density at radius 3 is 2.48 bits per heavy atom. The van der Waals surface area contributed by atoms with E-state index in [-0.39, 0.29) is 23.0 Å². The summed E-state index contributed by atoms with van der Waals surface area (Å²) in [6.45, 7) is 0.412. The average Bonchev–Trinajstić information content (AvgIpc) is 2.91. The molecule has 1 atom stereocenters. The number of aryl methyl sites for hydroxylation is 1. The minimum Gasteiger partial charge on any atom is -0.477 e. The number of alkyl halides is 2. The van der Waals surface area contributed by atoms with Crippen LogP contribution in [0.5, 0.6) is 5.75 Å². The van der Waals surface area contributed by atoms with E-state index < -0.39 is 18.6 Å². The first-order valence-electron chi connectivity index (χ1n) is 7.30. The van der Waals surface area contributed by atoms with Crippen LogP contribution in [0.2, 0.25) is 0 Å². The Labute approximate surface area is 146 Å². The van der Waals surface area contributed by atoms with E-state index in [2.05, 4.69) is 15.0 Å². The van der Waals surface area contributed by atoms with Gasteiger partial charge in [0.25, 0.3) is 0 Å². The molecule has 1 aromatic carbocycles. The maximum Gasteiger partial charge on any atom is 0.387 e. The summed E-state index contributed by atoms with van der Waals surface area (Å²) >= 11 is 1.02. The molecule has 0 aliphatic rings. The van der Waals surface area contributed by atoms with Gasteiger partial charge >= 0.3 is 12.6 Å². The zero-order valence-electron chi connectivity index (χ0n) is 13.5. The largest absolute Gasteiger partial charge is 0.477 e. The summed E-state index contributed by atoms with van der Waals surface area (Å²) in [5, 5.41) is 12.3. The second-order valence-electron chi connectivity index (χ2n) is 5.26. The van der Waals surface area contributed by atoms with Crippen LogP contribution >= 0.6 is 11.3 Å². The third-order valence-corrected chi connectivity index (χ3v) is 4.60. The summed E-state index contributed by atoms with van der Waals surface area (Å²) in [6.07, 6.45) is 0.0510. The number of nitrogens with one attached hydrogen (secondary N) is 1. The van der Waals surface area contributed by atoms with Crippen molar-refractivity contribution in [1.29, 1.82) is 0 Å². The van der Waals surface area contributed by atoms with Gasteiger partial charge in [-0.25, -0.2) is 9.78 Å². The minimum absolute atomic E-state index is 0.0204. The SMILES string of the molecule is Cc1nc(C(C)NC(=O)Cc2ccc(OC(F)F)cc2)sc1C(=O)O. The Balaban J connectivity index is 1.95. The van der Waals surface area contributed by atoms with Crippen molar-refractivity contribution in [3.8, 4) is 5.75 Å². The van der Waals surface area contributed by atoms with Crippen LogP contribution in [0.4, 0.5) is 8.78 Å². The van der Waals surface area contributed by atoms with Crippen LogP contribution in [0.3, 0.4) is 0 Å². The van der Waals surface area contributed by atoms with Crippen molar-refractivity contribution in [1.82, 2.24) is 10.3 Å². The summed E-state index contributed by atoms with van der Waals surface area (Å²) in [4.78, 5) is 27.4. The van der Waals surface area contributed by atoms with Gasteiger partial charge in [0.05, 0.1) is 18.2 Å². The fraction of sp³-hybridized carbons (Fsp3) is 0.312. The highest BCUT2D eigenvalue weighted by Gasteiger charge is 2.19. The number of hydrogen-bond donors (Lipinski definition) is 2. The number of benzene rings is 1. The first kappa shape index (κ1) is 18.8. The number of carboxylic acids is 1. The van der Waals surface area contributed by atoms with E-state index in [9.17, 15) is 18.4 Å². The molecule has 0 aliphatic heterocycles. The number of ether oxygens (including phenoxy) is 1. The zero-order chi connectivity index (χ0) is 18.6. The molecule has 1 amide bonds. The fourth-order valence-corrected chi connectivity index (χ4v) is 3.04. The fourth-order valence-electron chi connectivity index (χ4n) is 2.13. The third kappa shape index (κ3) is 5.21. The highest BCUT2D eigenvalue weighted by atomic mass is 32.1. The zero-order valence-corrected chi connectivity index (χ0v) is 14.3. The molecule has 25 heavy (non-hydrogen) atoms. The summed E-state index contributed by atoms with van der Waals surface area (Å²) in [5.41, 5.74) is 1.04. The van der Waals surface area contributed by atoms with E-state index in [4.69, 9.17) is 5.11 Å². The van der Waals surface area contributed by atoms with Gasteiger partial charge in [-0.3, -0.25) is 4.79 Å². The number of carbonyl (C=O) groups excluding carboxylic acids is 1. The Hall–Kier alpha value is -2.55. The number of amides is 1. The molecule has 2 N–H and O–H groups in total. The van der Waals surface area contributed by atoms with Gasteiger partial charge in [-0.15, -0.1) is 11.3 Å². The molecule has 0 fully saturated rings. The van der Waals surface area contributed by atoms with Crippen LogP contribution in [0.15, 0.2) is 24.3 Å². The van der Waals surface area contributed by atoms with Crippen LogP contribution in [0.25, 0.3) is 0 Å². The Bertz CT molecular complexity index is 762. The lowest BCUT2D eigenvalue weighted by molar-refractivity contribution is -0.121. The molecule has 0 bridgehead atoms. The Kier molecular flexibility index (Phi) is 6.02. The molecule has 0 saturated carbocycles. The van der Waals surface area contributed by atoms with Crippen LogP contribution in [-0.2, 0) is 11.2 Å². The first-order valence-corrected chi connectivity index (χ1v) is 8.11. The van der Waals surface area contributed by atoms with E-state index in [0.717, 1.165) is 11.3 Å². The molecule has 0 radical (unpaired) electrons. The lowest BCUT2D eigenvalue weighted by Crippen LogP contribution is -2.28. The molecule has 0 aliphatic carbocycles. The maximum absolute atomic E-state index is 12.1. The number of rotatable bonds is 7. The molecule has 6 nitrogen and oxygen atoms in total. The van der Waals surface area contributed by atoms with Crippen molar-refractivity contribution in [3.05, 3.63) is 45.4 Å². The number of nitrogens with zero attached hydrogens (tertiary/aromatic N) is 1.